The number of benzene rings is 1. The fraction of sp³-hybridized carbons (Fsp3) is 0.111. The second kappa shape index (κ2) is 4.36. The summed E-state index contributed by atoms with van der Waals surface area (Å²) in [6, 6.07) is 3.65. The van der Waals surface area contributed by atoms with Crippen LogP contribution in [0.1, 0.15) is 0 Å². The highest BCUT2D eigenvalue weighted by molar-refractivity contribution is 5.51. The van der Waals surface area contributed by atoms with E-state index in [-0.39, 0.29) is 0 Å². The number of halogens is 1. The minimum atomic E-state index is -0.834. The molecule has 0 heterocycles. The average Bonchev–Trinajstić information content (AvgIpc) is 2.16. The summed E-state index contributed by atoms with van der Waals surface area (Å²) in [5, 5.41) is 13.2. The number of hydrogen-bond acceptors (Lipinski definition) is 3. The van der Waals surface area contributed by atoms with E-state index in [1.807, 2.05) is 0 Å². The van der Waals surface area contributed by atoms with Gasteiger partial charge in [-0.1, -0.05) is 6.08 Å². The molecule has 0 aliphatic heterocycles. The first-order chi connectivity index (χ1) is 6.65. The van der Waals surface area contributed by atoms with E-state index in [4.69, 9.17) is 0 Å². The molecule has 1 N–H and O–H groups in total. The third kappa shape index (κ3) is 2.29. The van der Waals surface area contributed by atoms with E-state index in [0.717, 1.165) is 12.1 Å². The summed E-state index contributed by atoms with van der Waals surface area (Å²) in [4.78, 5) is 9.61. The maximum atomic E-state index is 12.9. The molecule has 0 aliphatic rings. The molecule has 0 bridgehead atoms. The van der Waals surface area contributed by atoms with Gasteiger partial charge in [0.2, 0.25) is 5.82 Å². The molecule has 5 heteroatoms. The van der Waals surface area contributed by atoms with E-state index in [1.54, 1.807) is 6.08 Å². The van der Waals surface area contributed by atoms with Crippen molar-refractivity contribution in [1.82, 2.24) is 0 Å². The predicted octanol–water partition coefficient (Wildman–Crippen LogP) is 2.33. The van der Waals surface area contributed by atoms with Gasteiger partial charge in [0.1, 0.15) is 0 Å². The van der Waals surface area contributed by atoms with Crippen molar-refractivity contribution in [2.24, 2.45) is 0 Å². The van der Waals surface area contributed by atoms with Crippen LogP contribution in [0.15, 0.2) is 30.9 Å². The summed E-state index contributed by atoms with van der Waals surface area (Å²) in [6.07, 6.45) is 1.61. The van der Waals surface area contributed by atoms with E-state index < -0.39 is 16.4 Å². The van der Waals surface area contributed by atoms with Crippen molar-refractivity contribution in [2.45, 2.75) is 0 Å². The zero-order chi connectivity index (χ0) is 10.6. The van der Waals surface area contributed by atoms with Gasteiger partial charge in [-0.25, -0.2) is 0 Å². The maximum Gasteiger partial charge on any atom is 0.306 e. The van der Waals surface area contributed by atoms with Crippen LogP contribution in [0.25, 0.3) is 0 Å². The smallest absolute Gasteiger partial charge is 0.306 e. The molecule has 0 aliphatic carbocycles. The fourth-order valence-electron chi connectivity index (χ4n) is 0.953. The van der Waals surface area contributed by atoms with Gasteiger partial charge in [-0.15, -0.1) is 6.58 Å². The molecule has 74 valence electrons. The molecule has 1 aromatic carbocycles. The summed E-state index contributed by atoms with van der Waals surface area (Å²) in [5.74, 6) is -0.834. The van der Waals surface area contributed by atoms with E-state index in [9.17, 15) is 14.5 Å². The molecular formula is C9H9FN2O2. The van der Waals surface area contributed by atoms with Crippen molar-refractivity contribution < 1.29 is 9.31 Å². The molecule has 0 radical (unpaired) electrons. The van der Waals surface area contributed by atoms with Gasteiger partial charge >= 0.3 is 5.69 Å². The first kappa shape index (κ1) is 10.2. The summed E-state index contributed by atoms with van der Waals surface area (Å²) < 4.78 is 12.9. The molecule has 4 nitrogen and oxygen atoms in total. The van der Waals surface area contributed by atoms with Crippen LogP contribution >= 0.6 is 0 Å². The van der Waals surface area contributed by atoms with Gasteiger partial charge in [-0.2, -0.15) is 4.39 Å². The maximum absolute atomic E-state index is 12.9. The molecular weight excluding hydrogens is 187 g/mol. The standard InChI is InChI=1S/C9H9FN2O2/c1-2-5-11-7-3-4-8(10)9(6-7)12(13)14/h2-4,6,11H,1,5H2. The predicted molar refractivity (Wildman–Crippen MR) is 51.7 cm³/mol. The molecule has 0 spiro atoms. The highest BCUT2D eigenvalue weighted by Crippen LogP contribution is 2.21. The molecule has 0 saturated heterocycles. The van der Waals surface area contributed by atoms with Crippen LogP contribution in [0.3, 0.4) is 0 Å². The van der Waals surface area contributed by atoms with E-state index in [0.29, 0.717) is 12.2 Å². The minimum Gasteiger partial charge on any atom is -0.381 e. The topological polar surface area (TPSA) is 55.2 Å². The van der Waals surface area contributed by atoms with Gasteiger partial charge in [-0.3, -0.25) is 10.1 Å². The monoisotopic (exact) mass is 196 g/mol. The third-order valence-corrected chi connectivity index (χ3v) is 1.59. The fourth-order valence-corrected chi connectivity index (χ4v) is 0.953. The second-order valence-corrected chi connectivity index (χ2v) is 2.59. The lowest BCUT2D eigenvalue weighted by atomic mass is 10.2. The summed E-state index contributed by atoms with van der Waals surface area (Å²) >= 11 is 0. The van der Waals surface area contributed by atoms with Crippen molar-refractivity contribution in [1.29, 1.82) is 0 Å². The first-order valence-electron chi connectivity index (χ1n) is 3.94. The number of hydrogen-bond donors (Lipinski definition) is 1. The van der Waals surface area contributed by atoms with Gasteiger partial charge in [-0.05, 0) is 12.1 Å². The Kier molecular flexibility index (Phi) is 3.17. The molecule has 1 rings (SSSR count). The number of nitrogens with one attached hydrogen (secondary N) is 1. The Balaban J connectivity index is 2.94. The lowest BCUT2D eigenvalue weighted by Gasteiger charge is -2.02. The van der Waals surface area contributed by atoms with E-state index in [2.05, 4.69) is 11.9 Å². The number of nitrogens with zero attached hydrogens (tertiary/aromatic N) is 1. The number of anilines is 1. The Morgan fingerprint density at radius 3 is 2.93 bits per heavy atom. The Labute approximate surface area is 80.2 Å². The zero-order valence-electron chi connectivity index (χ0n) is 7.37. The average molecular weight is 196 g/mol. The number of nitro benzene ring substituents is 1. The van der Waals surface area contributed by atoms with Crippen molar-refractivity contribution in [3.8, 4) is 0 Å². The SMILES string of the molecule is C=CCNc1ccc(F)c([N+](=O)[O-])c1. The molecule has 14 heavy (non-hydrogen) atoms. The Morgan fingerprint density at radius 1 is 1.64 bits per heavy atom. The van der Waals surface area contributed by atoms with Crippen LogP contribution in [0, 0.1) is 15.9 Å². The molecule has 0 unspecified atom stereocenters. The molecule has 0 atom stereocenters. The molecule has 0 aromatic heterocycles. The largest absolute Gasteiger partial charge is 0.381 e. The van der Waals surface area contributed by atoms with Crippen LogP contribution < -0.4 is 5.32 Å². The molecule has 0 fully saturated rings. The van der Waals surface area contributed by atoms with Crippen molar-refractivity contribution in [3.63, 3.8) is 0 Å². The minimum absolute atomic E-state index is 0.475. The Bertz CT molecular complexity index is 366. The Hall–Kier alpha value is -1.91. The van der Waals surface area contributed by atoms with E-state index in [1.165, 1.54) is 6.07 Å². The van der Waals surface area contributed by atoms with Crippen LogP contribution in [-0.4, -0.2) is 11.5 Å². The van der Waals surface area contributed by atoms with Crippen molar-refractivity contribution in [2.75, 3.05) is 11.9 Å². The second-order valence-electron chi connectivity index (χ2n) is 2.59. The molecule has 0 amide bonds. The van der Waals surface area contributed by atoms with Gasteiger partial charge < -0.3 is 5.32 Å². The van der Waals surface area contributed by atoms with Crippen LogP contribution in [0.5, 0.6) is 0 Å². The van der Waals surface area contributed by atoms with Crippen LogP contribution in [0.4, 0.5) is 15.8 Å². The van der Waals surface area contributed by atoms with Crippen LogP contribution in [-0.2, 0) is 0 Å². The number of nitro groups is 1. The molecule has 1 aromatic rings. The zero-order valence-corrected chi connectivity index (χ0v) is 7.37. The first-order valence-corrected chi connectivity index (χ1v) is 3.94. The third-order valence-electron chi connectivity index (χ3n) is 1.59. The van der Waals surface area contributed by atoms with Gasteiger partial charge in [0.05, 0.1) is 4.92 Å². The highest BCUT2D eigenvalue weighted by atomic mass is 19.1. The lowest BCUT2D eigenvalue weighted by Crippen LogP contribution is -1.99. The number of rotatable bonds is 4. The summed E-state index contributed by atoms with van der Waals surface area (Å²) in [6.45, 7) is 3.96. The van der Waals surface area contributed by atoms with Gasteiger partial charge in [0.25, 0.3) is 0 Å². The van der Waals surface area contributed by atoms with Crippen molar-refractivity contribution in [3.05, 3.63) is 46.8 Å². The quantitative estimate of drug-likeness (QED) is 0.456. The summed E-state index contributed by atoms with van der Waals surface area (Å²) in [5.41, 5.74) is -0.0305. The van der Waals surface area contributed by atoms with Crippen molar-refractivity contribution >= 4 is 11.4 Å². The van der Waals surface area contributed by atoms with Gasteiger partial charge in [0.15, 0.2) is 0 Å². The molecule has 0 saturated carbocycles. The lowest BCUT2D eigenvalue weighted by molar-refractivity contribution is -0.387. The summed E-state index contributed by atoms with van der Waals surface area (Å²) in [7, 11) is 0. The highest BCUT2D eigenvalue weighted by Gasteiger charge is 2.13. The Morgan fingerprint density at radius 2 is 2.36 bits per heavy atom. The van der Waals surface area contributed by atoms with Gasteiger partial charge in [0, 0.05) is 18.3 Å². The normalized spacial score (nSPS) is 9.50. The van der Waals surface area contributed by atoms with E-state index >= 15 is 0 Å². The van der Waals surface area contributed by atoms with Crippen LogP contribution in [0.2, 0.25) is 0 Å².